The van der Waals surface area contributed by atoms with Crippen LogP contribution >= 0.6 is 0 Å². The second-order valence-electron chi connectivity index (χ2n) is 4.90. The molecule has 1 heterocycles. The van der Waals surface area contributed by atoms with Crippen LogP contribution in [0.4, 0.5) is 5.69 Å². The van der Waals surface area contributed by atoms with Crippen molar-refractivity contribution in [3.05, 3.63) is 33.9 Å². The second kappa shape index (κ2) is 7.21. The van der Waals surface area contributed by atoms with Crippen LogP contribution in [0.3, 0.4) is 0 Å². The zero-order chi connectivity index (χ0) is 14.4. The van der Waals surface area contributed by atoms with Crippen molar-refractivity contribution < 1.29 is 14.4 Å². The number of hydrogen-bond acceptors (Lipinski definition) is 5. The second-order valence-corrected chi connectivity index (χ2v) is 4.90. The Hall–Kier alpha value is -1.66. The minimum absolute atomic E-state index is 0.0558. The van der Waals surface area contributed by atoms with Gasteiger partial charge in [-0.1, -0.05) is 0 Å². The van der Waals surface area contributed by atoms with Crippen LogP contribution in [0.15, 0.2) is 18.2 Å². The number of ether oxygens (including phenoxy) is 2. The van der Waals surface area contributed by atoms with Gasteiger partial charge < -0.3 is 14.8 Å². The Balaban J connectivity index is 1.84. The molecule has 1 saturated heterocycles. The molecule has 0 saturated carbocycles. The number of nitrogens with one attached hydrogen (secondary N) is 1. The number of nitro groups is 1. The summed E-state index contributed by atoms with van der Waals surface area (Å²) in [6.45, 7) is 2.30. The number of benzene rings is 1. The average Bonchev–Trinajstić information content (AvgIpc) is 2.96. The fourth-order valence-electron chi connectivity index (χ4n) is 2.34. The lowest BCUT2D eigenvalue weighted by atomic mass is 10.1. The van der Waals surface area contributed by atoms with Crippen molar-refractivity contribution in [2.24, 2.45) is 0 Å². The Morgan fingerprint density at radius 1 is 1.50 bits per heavy atom. The molecule has 2 rings (SSSR count). The van der Waals surface area contributed by atoms with Gasteiger partial charge in [0.1, 0.15) is 5.75 Å². The highest BCUT2D eigenvalue weighted by atomic mass is 16.6. The number of non-ortho nitro benzene ring substituents is 1. The predicted molar refractivity (Wildman–Crippen MR) is 74.9 cm³/mol. The smallest absolute Gasteiger partial charge is 0.273 e. The number of nitro benzene ring substituents is 1. The first-order chi connectivity index (χ1) is 9.69. The molecule has 20 heavy (non-hydrogen) atoms. The maximum atomic E-state index is 10.8. The minimum Gasteiger partial charge on any atom is -0.496 e. The summed E-state index contributed by atoms with van der Waals surface area (Å²) in [6, 6.07) is 4.81. The zero-order valence-electron chi connectivity index (χ0n) is 11.6. The van der Waals surface area contributed by atoms with E-state index >= 15 is 0 Å². The molecule has 0 amide bonds. The number of rotatable bonds is 7. The molecule has 1 unspecified atom stereocenters. The van der Waals surface area contributed by atoms with Gasteiger partial charge in [-0.25, -0.2) is 0 Å². The highest BCUT2D eigenvalue weighted by Gasteiger charge is 2.14. The summed E-state index contributed by atoms with van der Waals surface area (Å²) >= 11 is 0. The summed E-state index contributed by atoms with van der Waals surface area (Å²) in [5, 5.41) is 14.1. The van der Waals surface area contributed by atoms with Crippen LogP contribution in [0.5, 0.6) is 5.75 Å². The Labute approximate surface area is 118 Å². The molecule has 1 aliphatic heterocycles. The van der Waals surface area contributed by atoms with Gasteiger partial charge in [0, 0.05) is 19.2 Å². The van der Waals surface area contributed by atoms with Gasteiger partial charge in [0.15, 0.2) is 0 Å². The molecular formula is C14H20N2O4. The number of nitrogens with zero attached hydrogens (tertiary/aromatic N) is 1. The molecule has 0 aliphatic carbocycles. The van der Waals surface area contributed by atoms with Gasteiger partial charge in [0.25, 0.3) is 5.69 Å². The van der Waals surface area contributed by atoms with E-state index in [1.54, 1.807) is 6.07 Å². The summed E-state index contributed by atoms with van der Waals surface area (Å²) in [6.07, 6.45) is 3.62. The lowest BCUT2D eigenvalue weighted by molar-refractivity contribution is -0.385. The van der Waals surface area contributed by atoms with Crippen LogP contribution in [-0.2, 0) is 11.3 Å². The normalized spacial score (nSPS) is 18.1. The van der Waals surface area contributed by atoms with Crippen molar-refractivity contribution in [1.82, 2.24) is 5.32 Å². The zero-order valence-corrected chi connectivity index (χ0v) is 11.6. The van der Waals surface area contributed by atoms with Crippen LogP contribution < -0.4 is 10.1 Å². The van der Waals surface area contributed by atoms with E-state index in [0.29, 0.717) is 18.4 Å². The van der Waals surface area contributed by atoms with E-state index in [1.807, 2.05) is 6.07 Å². The first-order valence-corrected chi connectivity index (χ1v) is 6.83. The summed E-state index contributed by atoms with van der Waals surface area (Å²) in [4.78, 5) is 10.4. The largest absolute Gasteiger partial charge is 0.496 e. The predicted octanol–water partition coefficient (Wildman–Crippen LogP) is 2.26. The van der Waals surface area contributed by atoms with Crippen molar-refractivity contribution in [3.63, 3.8) is 0 Å². The molecule has 6 nitrogen and oxygen atoms in total. The van der Waals surface area contributed by atoms with E-state index in [2.05, 4.69) is 5.32 Å². The lowest BCUT2D eigenvalue weighted by Gasteiger charge is -2.10. The molecule has 0 radical (unpaired) electrons. The third kappa shape index (κ3) is 4.18. The maximum Gasteiger partial charge on any atom is 0.273 e. The average molecular weight is 280 g/mol. The molecule has 0 spiro atoms. The van der Waals surface area contributed by atoms with Gasteiger partial charge in [0.2, 0.25) is 0 Å². The van der Waals surface area contributed by atoms with Gasteiger partial charge in [-0.05, 0) is 37.4 Å². The minimum atomic E-state index is -0.404. The fourth-order valence-corrected chi connectivity index (χ4v) is 2.34. The Bertz CT molecular complexity index is 458. The standard InChI is InChI=1S/C14H20N2O4/c1-19-14-8-11(7-12(9-14)16(17)18)10-15-5-4-13-3-2-6-20-13/h7-9,13,15H,2-6,10H2,1H3. The molecule has 1 aromatic rings. The highest BCUT2D eigenvalue weighted by Crippen LogP contribution is 2.22. The quantitative estimate of drug-likeness (QED) is 0.471. The van der Waals surface area contributed by atoms with Crippen LogP contribution in [0.1, 0.15) is 24.8 Å². The van der Waals surface area contributed by atoms with Gasteiger partial charge >= 0.3 is 0 Å². The van der Waals surface area contributed by atoms with Crippen LogP contribution in [0.25, 0.3) is 0 Å². The Morgan fingerprint density at radius 3 is 3.00 bits per heavy atom. The fraction of sp³-hybridized carbons (Fsp3) is 0.571. The first-order valence-electron chi connectivity index (χ1n) is 6.83. The molecule has 6 heteroatoms. The summed E-state index contributed by atoms with van der Waals surface area (Å²) < 4.78 is 10.6. The lowest BCUT2D eigenvalue weighted by Crippen LogP contribution is -2.19. The third-order valence-electron chi connectivity index (χ3n) is 3.39. The molecule has 110 valence electrons. The van der Waals surface area contributed by atoms with Crippen molar-refractivity contribution in [3.8, 4) is 5.75 Å². The van der Waals surface area contributed by atoms with E-state index in [1.165, 1.54) is 13.2 Å². The van der Waals surface area contributed by atoms with E-state index in [0.717, 1.165) is 38.0 Å². The molecule has 0 bridgehead atoms. The molecule has 1 aromatic carbocycles. The van der Waals surface area contributed by atoms with Gasteiger partial charge in [-0.15, -0.1) is 0 Å². The van der Waals surface area contributed by atoms with E-state index < -0.39 is 4.92 Å². The molecule has 1 N–H and O–H groups in total. The SMILES string of the molecule is COc1cc(CNCCC2CCCO2)cc([N+](=O)[O-])c1. The van der Waals surface area contributed by atoms with Crippen molar-refractivity contribution >= 4 is 5.69 Å². The van der Waals surface area contributed by atoms with Crippen molar-refractivity contribution in [2.45, 2.75) is 31.9 Å². The summed E-state index contributed by atoms with van der Waals surface area (Å²) in [7, 11) is 1.51. The van der Waals surface area contributed by atoms with Crippen molar-refractivity contribution in [2.75, 3.05) is 20.3 Å². The van der Waals surface area contributed by atoms with Gasteiger partial charge in [0.05, 0.1) is 24.2 Å². The highest BCUT2D eigenvalue weighted by molar-refractivity contribution is 5.42. The maximum absolute atomic E-state index is 10.8. The molecular weight excluding hydrogens is 260 g/mol. The van der Waals surface area contributed by atoms with E-state index in [9.17, 15) is 10.1 Å². The van der Waals surface area contributed by atoms with Crippen LogP contribution in [0.2, 0.25) is 0 Å². The third-order valence-corrected chi connectivity index (χ3v) is 3.39. The molecule has 1 fully saturated rings. The van der Waals surface area contributed by atoms with Gasteiger partial charge in [-0.2, -0.15) is 0 Å². The van der Waals surface area contributed by atoms with E-state index in [-0.39, 0.29) is 5.69 Å². The summed E-state index contributed by atoms with van der Waals surface area (Å²) in [5.41, 5.74) is 0.906. The Kier molecular flexibility index (Phi) is 5.31. The molecule has 1 aliphatic rings. The molecule has 1 atom stereocenters. The van der Waals surface area contributed by atoms with Gasteiger partial charge in [-0.3, -0.25) is 10.1 Å². The first kappa shape index (κ1) is 14.7. The van der Waals surface area contributed by atoms with Crippen molar-refractivity contribution in [1.29, 1.82) is 0 Å². The van der Waals surface area contributed by atoms with Crippen LogP contribution in [-0.4, -0.2) is 31.3 Å². The topological polar surface area (TPSA) is 73.6 Å². The number of methoxy groups -OCH3 is 1. The molecule has 0 aromatic heterocycles. The monoisotopic (exact) mass is 280 g/mol. The Morgan fingerprint density at radius 2 is 2.35 bits per heavy atom. The van der Waals surface area contributed by atoms with E-state index in [4.69, 9.17) is 9.47 Å². The number of hydrogen-bond donors (Lipinski definition) is 1. The van der Waals surface area contributed by atoms with Crippen LogP contribution in [0, 0.1) is 10.1 Å². The summed E-state index contributed by atoms with van der Waals surface area (Å²) in [5.74, 6) is 0.509.